The zero-order chi connectivity index (χ0) is 16.5. The van der Waals surface area contributed by atoms with Gasteiger partial charge in [0.25, 0.3) is 0 Å². The highest BCUT2D eigenvalue weighted by atomic mass is 35.5. The van der Waals surface area contributed by atoms with E-state index in [1.54, 1.807) is 0 Å². The van der Waals surface area contributed by atoms with Gasteiger partial charge in [-0.2, -0.15) is 0 Å². The van der Waals surface area contributed by atoms with Crippen molar-refractivity contribution >= 4 is 45.6 Å². The highest BCUT2D eigenvalue weighted by Crippen LogP contribution is 2.30. The summed E-state index contributed by atoms with van der Waals surface area (Å²) in [5.74, 6) is 0. The highest BCUT2D eigenvalue weighted by Gasteiger charge is 2.08. The number of nitrogens with zero attached hydrogens (tertiary/aromatic N) is 1. The fourth-order valence-electron chi connectivity index (χ4n) is 3.31. The summed E-state index contributed by atoms with van der Waals surface area (Å²) in [4.78, 5) is 0. The molecular formula is C22H18ClN. The van der Waals surface area contributed by atoms with Gasteiger partial charge in [0, 0.05) is 33.4 Å². The van der Waals surface area contributed by atoms with Crippen LogP contribution >= 0.6 is 11.6 Å². The Hall–Kier alpha value is -2.51. The first-order chi connectivity index (χ1) is 11.8. The first-order valence-electron chi connectivity index (χ1n) is 8.21. The standard InChI is InChI=1S/C22H18ClN/c1-2-24-21-10-6-4-8-18(21)19-15-16(12-14-22(19)24)11-13-17-7-3-5-9-20(17)23/h3-15H,2H2,1H3. The molecule has 4 rings (SSSR count). The third-order valence-corrected chi connectivity index (χ3v) is 4.82. The molecule has 0 radical (unpaired) electrons. The van der Waals surface area contributed by atoms with Gasteiger partial charge in [0.1, 0.15) is 0 Å². The van der Waals surface area contributed by atoms with Gasteiger partial charge in [0.15, 0.2) is 0 Å². The van der Waals surface area contributed by atoms with Gasteiger partial charge >= 0.3 is 0 Å². The van der Waals surface area contributed by atoms with Gasteiger partial charge in [-0.25, -0.2) is 0 Å². The first kappa shape index (κ1) is 15.0. The second-order valence-electron chi connectivity index (χ2n) is 5.89. The molecule has 0 saturated heterocycles. The molecule has 0 N–H and O–H groups in total. The summed E-state index contributed by atoms with van der Waals surface area (Å²) >= 11 is 6.23. The summed E-state index contributed by atoms with van der Waals surface area (Å²) in [6, 6.07) is 23.1. The van der Waals surface area contributed by atoms with Crippen LogP contribution in [0.25, 0.3) is 34.0 Å². The number of hydrogen-bond donors (Lipinski definition) is 0. The maximum absolute atomic E-state index is 6.23. The van der Waals surface area contributed by atoms with Crippen molar-refractivity contribution < 1.29 is 0 Å². The predicted octanol–water partition coefficient (Wildman–Crippen LogP) is 6.64. The van der Waals surface area contributed by atoms with Crippen LogP contribution in [0.5, 0.6) is 0 Å². The second kappa shape index (κ2) is 6.18. The number of halogens is 1. The smallest absolute Gasteiger partial charge is 0.0491 e. The summed E-state index contributed by atoms with van der Waals surface area (Å²) < 4.78 is 2.37. The average molecular weight is 332 g/mol. The SMILES string of the molecule is CCn1c2ccccc2c2cc(C=Cc3ccccc3Cl)ccc21. The van der Waals surface area contributed by atoms with Crippen LogP contribution in [0.3, 0.4) is 0 Å². The monoisotopic (exact) mass is 331 g/mol. The van der Waals surface area contributed by atoms with Crippen LogP contribution in [0, 0.1) is 0 Å². The Bertz CT molecular complexity index is 1060. The van der Waals surface area contributed by atoms with Crippen LogP contribution in [0.1, 0.15) is 18.1 Å². The second-order valence-corrected chi connectivity index (χ2v) is 6.30. The summed E-state index contributed by atoms with van der Waals surface area (Å²) in [6.07, 6.45) is 4.20. The summed E-state index contributed by atoms with van der Waals surface area (Å²) in [5.41, 5.74) is 4.80. The lowest BCUT2D eigenvalue weighted by Crippen LogP contribution is -1.92. The van der Waals surface area contributed by atoms with Crippen molar-refractivity contribution in [1.82, 2.24) is 4.57 Å². The van der Waals surface area contributed by atoms with Crippen molar-refractivity contribution in [2.75, 3.05) is 0 Å². The van der Waals surface area contributed by atoms with Gasteiger partial charge in [0.05, 0.1) is 0 Å². The van der Waals surface area contributed by atoms with E-state index in [-0.39, 0.29) is 0 Å². The summed E-state index contributed by atoms with van der Waals surface area (Å²) in [7, 11) is 0. The Morgan fingerprint density at radius 3 is 2.42 bits per heavy atom. The van der Waals surface area contributed by atoms with Gasteiger partial charge in [-0.3, -0.25) is 0 Å². The molecule has 1 aromatic heterocycles. The molecule has 0 spiro atoms. The quantitative estimate of drug-likeness (QED) is 0.371. The molecule has 0 atom stereocenters. The van der Waals surface area contributed by atoms with Gasteiger partial charge in [0.2, 0.25) is 0 Å². The number of hydrogen-bond acceptors (Lipinski definition) is 0. The van der Waals surface area contributed by atoms with E-state index >= 15 is 0 Å². The Morgan fingerprint density at radius 1 is 0.833 bits per heavy atom. The molecule has 0 aliphatic heterocycles. The molecule has 0 fully saturated rings. The number of aromatic nitrogens is 1. The summed E-state index contributed by atoms with van der Waals surface area (Å²) in [6.45, 7) is 3.16. The predicted molar refractivity (Wildman–Crippen MR) is 105 cm³/mol. The fraction of sp³-hybridized carbons (Fsp3) is 0.0909. The summed E-state index contributed by atoms with van der Waals surface area (Å²) in [5, 5.41) is 3.38. The van der Waals surface area contributed by atoms with Crippen molar-refractivity contribution in [2.24, 2.45) is 0 Å². The third-order valence-electron chi connectivity index (χ3n) is 4.47. The van der Waals surface area contributed by atoms with Crippen LogP contribution < -0.4 is 0 Å². The molecule has 3 aromatic carbocycles. The molecule has 118 valence electrons. The van der Waals surface area contributed by atoms with Crippen molar-refractivity contribution in [1.29, 1.82) is 0 Å². The van der Waals surface area contributed by atoms with E-state index < -0.39 is 0 Å². The van der Waals surface area contributed by atoms with E-state index in [4.69, 9.17) is 11.6 Å². The zero-order valence-electron chi connectivity index (χ0n) is 13.5. The van der Waals surface area contributed by atoms with Crippen LogP contribution in [0.2, 0.25) is 5.02 Å². The minimum Gasteiger partial charge on any atom is -0.341 e. The van der Waals surface area contributed by atoms with Gasteiger partial charge in [-0.15, -0.1) is 0 Å². The maximum Gasteiger partial charge on any atom is 0.0491 e. The number of benzene rings is 3. The van der Waals surface area contributed by atoms with Gasteiger partial charge in [-0.05, 0) is 42.3 Å². The van der Waals surface area contributed by atoms with Crippen molar-refractivity contribution in [3.8, 4) is 0 Å². The molecule has 0 amide bonds. The zero-order valence-corrected chi connectivity index (χ0v) is 14.3. The van der Waals surface area contributed by atoms with E-state index in [2.05, 4.69) is 66.1 Å². The topological polar surface area (TPSA) is 4.93 Å². The Labute approximate surface area is 146 Å². The lowest BCUT2D eigenvalue weighted by atomic mass is 10.1. The minimum absolute atomic E-state index is 0.775. The maximum atomic E-state index is 6.23. The fourth-order valence-corrected chi connectivity index (χ4v) is 3.51. The molecule has 0 aliphatic carbocycles. The third kappa shape index (κ3) is 2.51. The first-order valence-corrected chi connectivity index (χ1v) is 8.59. The number of aryl methyl sites for hydroxylation is 1. The highest BCUT2D eigenvalue weighted by molar-refractivity contribution is 6.32. The van der Waals surface area contributed by atoms with Gasteiger partial charge in [-0.1, -0.05) is 66.2 Å². The molecule has 24 heavy (non-hydrogen) atoms. The molecule has 0 saturated carbocycles. The van der Waals surface area contributed by atoms with E-state index in [0.717, 1.165) is 17.1 Å². The lowest BCUT2D eigenvalue weighted by Gasteiger charge is -2.03. The number of fused-ring (bicyclic) bond motifs is 3. The van der Waals surface area contributed by atoms with Crippen LogP contribution in [0.15, 0.2) is 66.7 Å². The largest absolute Gasteiger partial charge is 0.341 e. The van der Waals surface area contributed by atoms with E-state index in [1.807, 2.05) is 24.3 Å². The van der Waals surface area contributed by atoms with E-state index in [0.29, 0.717) is 0 Å². The Balaban J connectivity index is 1.84. The molecule has 2 heteroatoms. The normalized spacial score (nSPS) is 11.8. The molecular weight excluding hydrogens is 314 g/mol. The van der Waals surface area contributed by atoms with Crippen molar-refractivity contribution in [2.45, 2.75) is 13.5 Å². The Morgan fingerprint density at radius 2 is 1.58 bits per heavy atom. The Kier molecular flexibility index (Phi) is 3.87. The van der Waals surface area contributed by atoms with E-state index in [1.165, 1.54) is 27.4 Å². The molecule has 1 heterocycles. The van der Waals surface area contributed by atoms with Crippen LogP contribution in [0.4, 0.5) is 0 Å². The van der Waals surface area contributed by atoms with Crippen molar-refractivity contribution in [3.63, 3.8) is 0 Å². The molecule has 4 aromatic rings. The van der Waals surface area contributed by atoms with Crippen LogP contribution in [-0.2, 0) is 6.54 Å². The van der Waals surface area contributed by atoms with E-state index in [9.17, 15) is 0 Å². The minimum atomic E-state index is 0.775. The van der Waals surface area contributed by atoms with Gasteiger partial charge < -0.3 is 4.57 Å². The average Bonchev–Trinajstić information content (AvgIpc) is 2.94. The molecule has 0 bridgehead atoms. The number of rotatable bonds is 3. The molecule has 1 nitrogen and oxygen atoms in total. The van der Waals surface area contributed by atoms with Crippen molar-refractivity contribution in [3.05, 3.63) is 82.9 Å². The van der Waals surface area contributed by atoms with Crippen LogP contribution in [-0.4, -0.2) is 4.57 Å². The lowest BCUT2D eigenvalue weighted by molar-refractivity contribution is 0.827. The number of para-hydroxylation sites is 1. The molecule has 0 unspecified atom stereocenters. The molecule has 0 aliphatic rings.